The number of rotatable bonds is 7. The Bertz CT molecular complexity index is 392. The van der Waals surface area contributed by atoms with E-state index in [9.17, 15) is 4.79 Å². The Kier molecular flexibility index (Phi) is 4.94. The molecule has 0 unspecified atom stereocenters. The normalized spacial score (nSPS) is 16.2. The van der Waals surface area contributed by atoms with Crippen LogP contribution in [0.1, 0.15) is 25.7 Å². The van der Waals surface area contributed by atoms with Gasteiger partial charge in [0.1, 0.15) is 0 Å². The summed E-state index contributed by atoms with van der Waals surface area (Å²) in [6, 6.07) is 0. The van der Waals surface area contributed by atoms with Crippen LogP contribution in [0.25, 0.3) is 0 Å². The Morgan fingerprint density at radius 1 is 1.50 bits per heavy atom. The Morgan fingerprint density at radius 3 is 3.00 bits per heavy atom. The lowest BCUT2D eigenvalue weighted by Gasteiger charge is -2.10. The maximum Gasteiger partial charge on any atom is 0.313 e. The van der Waals surface area contributed by atoms with E-state index in [2.05, 4.69) is 15.5 Å². The molecule has 0 aromatic carbocycles. The van der Waals surface area contributed by atoms with Gasteiger partial charge in [0.15, 0.2) is 0 Å². The molecule has 0 aliphatic heterocycles. The SMILES string of the molecule is O=C(O)CSc1nnnn1CCOC1CCCC1. The average molecular weight is 272 g/mol. The Hall–Kier alpha value is -1.15. The smallest absolute Gasteiger partial charge is 0.313 e. The van der Waals surface area contributed by atoms with Crippen molar-refractivity contribution < 1.29 is 14.6 Å². The molecular weight excluding hydrogens is 256 g/mol. The topological polar surface area (TPSA) is 90.1 Å². The fraction of sp³-hybridized carbons (Fsp3) is 0.800. The molecule has 0 atom stereocenters. The number of carbonyl (C=O) groups is 1. The highest BCUT2D eigenvalue weighted by molar-refractivity contribution is 7.99. The van der Waals surface area contributed by atoms with E-state index >= 15 is 0 Å². The van der Waals surface area contributed by atoms with Crippen molar-refractivity contribution in [2.45, 2.75) is 43.5 Å². The number of carboxylic acid groups (broad SMARTS) is 1. The molecule has 7 nitrogen and oxygen atoms in total. The van der Waals surface area contributed by atoms with Crippen LogP contribution in [0.4, 0.5) is 0 Å². The molecule has 8 heteroatoms. The van der Waals surface area contributed by atoms with E-state index in [0.29, 0.717) is 24.4 Å². The molecule has 1 heterocycles. The Morgan fingerprint density at radius 2 is 2.28 bits per heavy atom. The maximum atomic E-state index is 10.5. The van der Waals surface area contributed by atoms with Crippen molar-refractivity contribution in [3.05, 3.63) is 0 Å². The monoisotopic (exact) mass is 272 g/mol. The van der Waals surface area contributed by atoms with Gasteiger partial charge in [-0.2, -0.15) is 0 Å². The number of nitrogens with zero attached hydrogens (tertiary/aromatic N) is 4. The summed E-state index contributed by atoms with van der Waals surface area (Å²) in [5.41, 5.74) is 0. The Labute approximate surface area is 109 Å². The van der Waals surface area contributed by atoms with Gasteiger partial charge in [0.25, 0.3) is 0 Å². The summed E-state index contributed by atoms with van der Waals surface area (Å²) in [6.07, 6.45) is 5.13. The molecule has 2 rings (SSSR count). The van der Waals surface area contributed by atoms with E-state index in [-0.39, 0.29) is 5.75 Å². The molecule has 1 N–H and O–H groups in total. The molecule has 1 aliphatic rings. The van der Waals surface area contributed by atoms with Crippen molar-refractivity contribution >= 4 is 17.7 Å². The lowest BCUT2D eigenvalue weighted by atomic mass is 10.3. The molecule has 18 heavy (non-hydrogen) atoms. The second kappa shape index (κ2) is 6.69. The molecular formula is C10H16N4O3S. The van der Waals surface area contributed by atoms with Crippen LogP contribution in [0.5, 0.6) is 0 Å². The van der Waals surface area contributed by atoms with Gasteiger partial charge in [-0.15, -0.1) is 5.10 Å². The zero-order chi connectivity index (χ0) is 12.8. The van der Waals surface area contributed by atoms with Crippen LogP contribution in [0.3, 0.4) is 0 Å². The first kappa shape index (κ1) is 13.3. The molecule has 1 aliphatic carbocycles. The van der Waals surface area contributed by atoms with Crippen molar-refractivity contribution in [3.63, 3.8) is 0 Å². The molecule has 0 amide bonds. The number of carboxylic acids is 1. The summed E-state index contributed by atoms with van der Waals surface area (Å²) in [5, 5.41) is 20.3. The van der Waals surface area contributed by atoms with E-state index in [4.69, 9.17) is 9.84 Å². The van der Waals surface area contributed by atoms with Gasteiger partial charge in [-0.1, -0.05) is 24.6 Å². The molecule has 0 saturated heterocycles. The number of tetrazole rings is 1. The molecule has 0 spiro atoms. The van der Waals surface area contributed by atoms with E-state index in [1.807, 2.05) is 0 Å². The Balaban J connectivity index is 1.74. The van der Waals surface area contributed by atoms with E-state index < -0.39 is 5.97 Å². The largest absolute Gasteiger partial charge is 0.481 e. The van der Waals surface area contributed by atoms with Crippen molar-refractivity contribution in [2.24, 2.45) is 0 Å². The minimum absolute atomic E-state index is 0.0378. The van der Waals surface area contributed by atoms with Gasteiger partial charge < -0.3 is 9.84 Å². The number of aromatic nitrogens is 4. The summed E-state index contributed by atoms with van der Waals surface area (Å²) in [7, 11) is 0. The van der Waals surface area contributed by atoms with Crippen LogP contribution in [-0.4, -0.2) is 49.7 Å². The summed E-state index contributed by atoms with van der Waals surface area (Å²) in [4.78, 5) is 10.5. The predicted octanol–water partition coefficient (Wildman–Crippen LogP) is 0.809. The summed E-state index contributed by atoms with van der Waals surface area (Å²) >= 11 is 1.12. The van der Waals surface area contributed by atoms with Crippen molar-refractivity contribution in [2.75, 3.05) is 12.4 Å². The molecule has 100 valence electrons. The van der Waals surface area contributed by atoms with Gasteiger partial charge in [0.2, 0.25) is 5.16 Å². The summed E-state index contributed by atoms with van der Waals surface area (Å²) in [6.45, 7) is 1.13. The highest BCUT2D eigenvalue weighted by atomic mass is 32.2. The van der Waals surface area contributed by atoms with E-state index in [1.165, 1.54) is 12.8 Å². The third-order valence-corrected chi connectivity index (χ3v) is 3.72. The number of hydrogen-bond donors (Lipinski definition) is 1. The highest BCUT2D eigenvalue weighted by Gasteiger charge is 2.15. The molecule has 0 bridgehead atoms. The van der Waals surface area contributed by atoms with E-state index in [1.54, 1.807) is 4.68 Å². The van der Waals surface area contributed by atoms with Crippen LogP contribution in [0, 0.1) is 0 Å². The van der Waals surface area contributed by atoms with Gasteiger partial charge in [0.05, 0.1) is 25.0 Å². The van der Waals surface area contributed by atoms with Crippen molar-refractivity contribution in [1.29, 1.82) is 0 Å². The van der Waals surface area contributed by atoms with Gasteiger partial charge in [-0.3, -0.25) is 4.79 Å². The van der Waals surface area contributed by atoms with Crippen molar-refractivity contribution in [1.82, 2.24) is 20.2 Å². The molecule has 1 fully saturated rings. The third-order valence-electron chi connectivity index (χ3n) is 2.78. The zero-order valence-electron chi connectivity index (χ0n) is 9.99. The maximum absolute atomic E-state index is 10.5. The predicted molar refractivity (Wildman–Crippen MR) is 64.4 cm³/mol. The van der Waals surface area contributed by atoms with Crippen LogP contribution >= 0.6 is 11.8 Å². The first-order chi connectivity index (χ1) is 8.75. The van der Waals surface area contributed by atoms with Gasteiger partial charge in [-0.05, 0) is 23.3 Å². The van der Waals surface area contributed by atoms with Gasteiger partial charge in [0, 0.05) is 0 Å². The van der Waals surface area contributed by atoms with Crippen LogP contribution in [-0.2, 0) is 16.1 Å². The molecule has 1 saturated carbocycles. The first-order valence-electron chi connectivity index (χ1n) is 5.98. The average Bonchev–Trinajstić information content (AvgIpc) is 2.97. The van der Waals surface area contributed by atoms with E-state index in [0.717, 1.165) is 24.6 Å². The standard InChI is InChI=1S/C10H16N4O3S/c15-9(16)7-18-10-11-12-13-14(10)5-6-17-8-3-1-2-4-8/h8H,1-7H2,(H,15,16). The quantitative estimate of drug-likeness (QED) is 0.734. The fourth-order valence-corrected chi connectivity index (χ4v) is 2.55. The third kappa shape index (κ3) is 3.95. The lowest BCUT2D eigenvalue weighted by molar-refractivity contribution is -0.133. The lowest BCUT2D eigenvalue weighted by Crippen LogP contribution is -2.14. The summed E-state index contributed by atoms with van der Waals surface area (Å²) < 4.78 is 7.30. The first-order valence-corrected chi connectivity index (χ1v) is 6.96. The summed E-state index contributed by atoms with van der Waals surface area (Å²) in [5.74, 6) is -0.916. The number of aliphatic carboxylic acids is 1. The minimum atomic E-state index is -0.878. The van der Waals surface area contributed by atoms with Crippen LogP contribution in [0.15, 0.2) is 5.16 Å². The van der Waals surface area contributed by atoms with Gasteiger partial charge >= 0.3 is 5.97 Å². The number of hydrogen-bond acceptors (Lipinski definition) is 6. The van der Waals surface area contributed by atoms with Gasteiger partial charge in [-0.25, -0.2) is 4.68 Å². The minimum Gasteiger partial charge on any atom is -0.481 e. The second-order valence-electron chi connectivity index (χ2n) is 4.14. The fourth-order valence-electron chi connectivity index (χ4n) is 1.93. The number of ether oxygens (including phenoxy) is 1. The molecule has 0 radical (unpaired) electrons. The van der Waals surface area contributed by atoms with Crippen molar-refractivity contribution in [3.8, 4) is 0 Å². The highest BCUT2D eigenvalue weighted by Crippen LogP contribution is 2.21. The second-order valence-corrected chi connectivity index (χ2v) is 5.09. The van der Waals surface area contributed by atoms with Crippen LogP contribution < -0.4 is 0 Å². The molecule has 1 aromatic rings. The number of thioether (sulfide) groups is 1. The zero-order valence-corrected chi connectivity index (χ0v) is 10.8. The molecule has 1 aromatic heterocycles. The van der Waals surface area contributed by atoms with Crippen LogP contribution in [0.2, 0.25) is 0 Å².